The molecule has 144 valence electrons. The lowest BCUT2D eigenvalue weighted by molar-refractivity contribution is -0.129. The molecule has 0 radical (unpaired) electrons. The molecule has 0 aliphatic carbocycles. The minimum Gasteiger partial charge on any atom is -0.494 e. The molecule has 0 unspecified atom stereocenters. The first kappa shape index (κ1) is 20.5. The average Bonchev–Trinajstić information content (AvgIpc) is 2.69. The molecule has 5 heteroatoms. The number of hydrogen-bond donors (Lipinski definition) is 1. The number of amides is 1. The molecule has 2 rings (SSSR count). The van der Waals surface area contributed by atoms with Crippen LogP contribution < -0.4 is 10.1 Å². The van der Waals surface area contributed by atoms with Gasteiger partial charge in [-0.3, -0.25) is 4.79 Å². The summed E-state index contributed by atoms with van der Waals surface area (Å²) in [7, 11) is 0. The van der Waals surface area contributed by atoms with Gasteiger partial charge in [0.25, 0.3) is 5.91 Å². The van der Waals surface area contributed by atoms with E-state index >= 15 is 0 Å². The number of nitrogens with one attached hydrogen (secondary N) is 1. The predicted octanol–water partition coefficient (Wildman–Crippen LogP) is 3.94. The maximum atomic E-state index is 12.3. The van der Waals surface area contributed by atoms with Crippen molar-refractivity contribution in [2.24, 2.45) is 0 Å². The van der Waals surface area contributed by atoms with Gasteiger partial charge in [0.2, 0.25) is 0 Å². The van der Waals surface area contributed by atoms with Crippen molar-refractivity contribution in [3.8, 4) is 5.75 Å². The number of rotatable bonds is 9. The van der Waals surface area contributed by atoms with Crippen molar-refractivity contribution < 1.29 is 19.1 Å². The van der Waals surface area contributed by atoms with Crippen LogP contribution in [0.15, 0.2) is 54.6 Å². The lowest BCUT2D eigenvalue weighted by Gasteiger charge is -2.18. The number of carbonyl (C=O) groups is 2. The number of ether oxygens (including phenoxy) is 2. The molecule has 5 nitrogen and oxygen atoms in total. The van der Waals surface area contributed by atoms with Crippen LogP contribution in [0.4, 0.5) is 0 Å². The normalized spacial score (nSPS) is 12.7. The van der Waals surface area contributed by atoms with Crippen LogP contribution in [0, 0.1) is 0 Å². The van der Waals surface area contributed by atoms with Crippen molar-refractivity contribution in [2.45, 2.75) is 39.2 Å². The van der Waals surface area contributed by atoms with E-state index in [-0.39, 0.29) is 11.8 Å². The van der Waals surface area contributed by atoms with Gasteiger partial charge in [0.05, 0.1) is 12.2 Å². The Bertz CT molecular complexity index is 728. The molecule has 0 bridgehead atoms. The Labute approximate surface area is 160 Å². The fraction of sp³-hybridized carbons (Fsp3) is 0.364. The van der Waals surface area contributed by atoms with Crippen LogP contribution in [0.1, 0.15) is 49.0 Å². The van der Waals surface area contributed by atoms with Crippen molar-refractivity contribution in [1.82, 2.24) is 5.32 Å². The molecule has 0 aromatic heterocycles. The van der Waals surface area contributed by atoms with Crippen LogP contribution in [0.2, 0.25) is 0 Å². The van der Waals surface area contributed by atoms with E-state index in [1.54, 1.807) is 31.2 Å². The van der Waals surface area contributed by atoms with Crippen molar-refractivity contribution in [1.29, 1.82) is 0 Å². The van der Waals surface area contributed by atoms with Crippen LogP contribution in [0.3, 0.4) is 0 Å². The maximum absolute atomic E-state index is 12.3. The molecule has 1 N–H and O–H groups in total. The monoisotopic (exact) mass is 369 g/mol. The van der Waals surface area contributed by atoms with E-state index in [9.17, 15) is 9.59 Å². The predicted molar refractivity (Wildman–Crippen MR) is 105 cm³/mol. The molecule has 2 atom stereocenters. The highest BCUT2D eigenvalue weighted by atomic mass is 16.5. The van der Waals surface area contributed by atoms with E-state index in [0.717, 1.165) is 6.42 Å². The Morgan fingerprint density at radius 3 is 2.26 bits per heavy atom. The second kappa shape index (κ2) is 10.4. The van der Waals surface area contributed by atoms with Gasteiger partial charge in [-0.25, -0.2) is 4.79 Å². The van der Waals surface area contributed by atoms with Gasteiger partial charge in [0.1, 0.15) is 5.75 Å². The first-order valence-electron chi connectivity index (χ1n) is 9.31. The average molecular weight is 369 g/mol. The minimum absolute atomic E-state index is 0.226. The molecular formula is C22H27NO4. The molecule has 2 aromatic rings. The van der Waals surface area contributed by atoms with Crippen LogP contribution in [-0.4, -0.2) is 31.1 Å². The van der Waals surface area contributed by atoms with Crippen LogP contribution >= 0.6 is 0 Å². The highest BCUT2D eigenvalue weighted by Crippen LogP contribution is 2.18. The summed E-state index contributed by atoms with van der Waals surface area (Å²) in [5.41, 5.74) is 1.56. The van der Waals surface area contributed by atoms with Gasteiger partial charge in [-0.15, -0.1) is 0 Å². The minimum atomic E-state index is -0.864. The molecule has 0 saturated heterocycles. The third kappa shape index (κ3) is 6.13. The van der Waals surface area contributed by atoms with E-state index < -0.39 is 12.1 Å². The fourth-order valence-corrected chi connectivity index (χ4v) is 2.73. The van der Waals surface area contributed by atoms with Gasteiger partial charge in [-0.05, 0) is 50.1 Å². The topological polar surface area (TPSA) is 64.6 Å². The molecule has 1 amide bonds. The Morgan fingerprint density at radius 2 is 1.67 bits per heavy atom. The van der Waals surface area contributed by atoms with Crippen molar-refractivity contribution in [3.05, 3.63) is 65.7 Å². The van der Waals surface area contributed by atoms with E-state index in [2.05, 4.69) is 24.4 Å². The van der Waals surface area contributed by atoms with Gasteiger partial charge in [0.15, 0.2) is 6.10 Å². The Kier molecular flexibility index (Phi) is 7.86. The number of esters is 1. The first-order valence-corrected chi connectivity index (χ1v) is 9.31. The number of benzene rings is 2. The van der Waals surface area contributed by atoms with Gasteiger partial charge in [-0.1, -0.05) is 37.3 Å². The summed E-state index contributed by atoms with van der Waals surface area (Å²) in [5.74, 6) is 0.0787. The molecule has 2 aromatic carbocycles. The third-order valence-corrected chi connectivity index (χ3v) is 4.34. The lowest BCUT2D eigenvalue weighted by atomic mass is 9.96. The highest BCUT2D eigenvalue weighted by molar-refractivity contribution is 5.92. The van der Waals surface area contributed by atoms with Crippen LogP contribution in [0.5, 0.6) is 5.75 Å². The zero-order valence-electron chi connectivity index (χ0n) is 16.1. The van der Waals surface area contributed by atoms with Crippen molar-refractivity contribution in [2.75, 3.05) is 13.2 Å². The second-order valence-electron chi connectivity index (χ2n) is 6.27. The zero-order chi connectivity index (χ0) is 19.6. The Balaban J connectivity index is 1.86. The SMILES string of the molecule is CCOc1ccc(C(=O)O[C@@H](C)C(=O)NC[C@@H](CC)c2ccccc2)cc1. The Morgan fingerprint density at radius 1 is 1.00 bits per heavy atom. The first-order chi connectivity index (χ1) is 13.0. The summed E-state index contributed by atoms with van der Waals surface area (Å²) < 4.78 is 10.6. The van der Waals surface area contributed by atoms with Crippen molar-refractivity contribution in [3.63, 3.8) is 0 Å². The zero-order valence-corrected chi connectivity index (χ0v) is 16.1. The van der Waals surface area contributed by atoms with E-state index in [1.165, 1.54) is 5.56 Å². The summed E-state index contributed by atoms with van der Waals surface area (Å²) >= 11 is 0. The molecule has 0 heterocycles. The van der Waals surface area contributed by atoms with Gasteiger partial charge >= 0.3 is 5.97 Å². The Hall–Kier alpha value is -2.82. The number of carbonyl (C=O) groups excluding carboxylic acids is 2. The maximum Gasteiger partial charge on any atom is 0.338 e. The molecule has 0 spiro atoms. The van der Waals surface area contributed by atoms with Gasteiger partial charge in [-0.2, -0.15) is 0 Å². The molecule has 0 fully saturated rings. The third-order valence-electron chi connectivity index (χ3n) is 4.34. The summed E-state index contributed by atoms with van der Waals surface area (Å²) in [6, 6.07) is 16.7. The summed E-state index contributed by atoms with van der Waals surface area (Å²) in [5, 5.41) is 2.88. The standard InChI is InChI=1S/C22H27NO4/c1-4-17(18-9-7-6-8-10-18)15-23-21(24)16(3)27-22(25)19-11-13-20(14-12-19)26-5-2/h6-14,16-17H,4-5,15H2,1-3H3,(H,23,24)/t16-,17+/m0/s1. The smallest absolute Gasteiger partial charge is 0.338 e. The lowest BCUT2D eigenvalue weighted by Crippen LogP contribution is -2.38. The largest absolute Gasteiger partial charge is 0.494 e. The van der Waals surface area contributed by atoms with E-state index in [4.69, 9.17) is 9.47 Å². The fourth-order valence-electron chi connectivity index (χ4n) is 2.73. The number of hydrogen-bond acceptors (Lipinski definition) is 4. The van der Waals surface area contributed by atoms with E-state index in [1.807, 2.05) is 25.1 Å². The molecule has 0 aliphatic heterocycles. The van der Waals surface area contributed by atoms with Gasteiger partial charge < -0.3 is 14.8 Å². The molecule has 0 aliphatic rings. The highest BCUT2D eigenvalue weighted by Gasteiger charge is 2.20. The van der Waals surface area contributed by atoms with Crippen molar-refractivity contribution >= 4 is 11.9 Å². The molecule has 0 saturated carbocycles. The van der Waals surface area contributed by atoms with Crippen LogP contribution in [0.25, 0.3) is 0 Å². The summed E-state index contributed by atoms with van der Waals surface area (Å²) in [4.78, 5) is 24.5. The quantitative estimate of drug-likeness (QED) is 0.680. The van der Waals surface area contributed by atoms with Crippen LogP contribution in [-0.2, 0) is 9.53 Å². The second-order valence-corrected chi connectivity index (χ2v) is 6.27. The summed E-state index contributed by atoms with van der Waals surface area (Å²) in [6.07, 6.45) is 0.0438. The molecular weight excluding hydrogens is 342 g/mol. The summed E-state index contributed by atoms with van der Waals surface area (Å²) in [6.45, 7) is 6.61. The molecule has 27 heavy (non-hydrogen) atoms. The van der Waals surface area contributed by atoms with Gasteiger partial charge in [0, 0.05) is 12.5 Å². The van der Waals surface area contributed by atoms with E-state index in [0.29, 0.717) is 24.5 Å².